The molecule has 0 aliphatic rings. The van der Waals surface area contributed by atoms with Gasteiger partial charge in [-0.05, 0) is 28.8 Å². The minimum absolute atomic E-state index is 0.0575. The molecule has 10 heavy (non-hydrogen) atoms. The van der Waals surface area contributed by atoms with Gasteiger partial charge in [0.15, 0.2) is 4.69 Å². The Kier molecular flexibility index (Phi) is 5.20. The Morgan fingerprint density at radius 1 is 1.20 bits per heavy atom. The van der Waals surface area contributed by atoms with E-state index < -0.39 is 5.97 Å². The van der Waals surface area contributed by atoms with Crippen molar-refractivity contribution in [2.24, 2.45) is 0 Å². The summed E-state index contributed by atoms with van der Waals surface area (Å²) in [6.07, 6.45) is 1.80. The largest absolute Gasteiger partial charge is 0.481 e. The van der Waals surface area contributed by atoms with Crippen LogP contribution in [-0.4, -0.2) is 15.8 Å². The van der Waals surface area contributed by atoms with Crippen molar-refractivity contribution in [1.82, 2.24) is 0 Å². The van der Waals surface area contributed by atoms with Gasteiger partial charge in [-0.25, -0.2) is 0 Å². The standard InChI is InChI=1S/C6H9BrO3/c7-5(8)3-1-2-4-6(9)10/h1-4H2,(H,9,10). The van der Waals surface area contributed by atoms with Crippen LogP contribution in [0.25, 0.3) is 0 Å². The molecule has 0 aromatic rings. The summed E-state index contributed by atoms with van der Waals surface area (Å²) in [5.74, 6) is -0.804. The van der Waals surface area contributed by atoms with Gasteiger partial charge >= 0.3 is 5.97 Å². The number of rotatable bonds is 5. The first-order valence-electron chi connectivity index (χ1n) is 3.03. The number of hydrogen-bond donors (Lipinski definition) is 1. The maximum absolute atomic E-state index is 10.3. The number of carbonyl (C=O) groups excluding carboxylic acids is 1. The van der Waals surface area contributed by atoms with Gasteiger partial charge in [0.05, 0.1) is 0 Å². The van der Waals surface area contributed by atoms with Crippen LogP contribution in [0.2, 0.25) is 0 Å². The lowest BCUT2D eigenvalue weighted by molar-refractivity contribution is -0.137. The SMILES string of the molecule is O=C(O)CCCCC(=O)Br. The van der Waals surface area contributed by atoms with Crippen LogP contribution in [0.4, 0.5) is 0 Å². The average molecular weight is 209 g/mol. The first kappa shape index (κ1) is 9.62. The van der Waals surface area contributed by atoms with Gasteiger partial charge in [0.25, 0.3) is 0 Å². The first-order valence-corrected chi connectivity index (χ1v) is 3.82. The lowest BCUT2D eigenvalue weighted by Crippen LogP contribution is -1.94. The van der Waals surface area contributed by atoms with Crippen molar-refractivity contribution in [3.05, 3.63) is 0 Å². The highest BCUT2D eigenvalue weighted by atomic mass is 79.9. The molecule has 0 unspecified atom stereocenters. The zero-order valence-electron chi connectivity index (χ0n) is 5.47. The van der Waals surface area contributed by atoms with E-state index in [4.69, 9.17) is 5.11 Å². The second kappa shape index (κ2) is 5.41. The van der Waals surface area contributed by atoms with E-state index in [9.17, 15) is 9.59 Å². The van der Waals surface area contributed by atoms with Crippen LogP contribution in [0, 0.1) is 0 Å². The second-order valence-electron chi connectivity index (χ2n) is 1.96. The van der Waals surface area contributed by atoms with Crippen LogP contribution >= 0.6 is 15.9 Å². The average Bonchev–Trinajstić information content (AvgIpc) is 1.79. The summed E-state index contributed by atoms with van der Waals surface area (Å²) in [6.45, 7) is 0. The molecule has 0 aliphatic carbocycles. The molecule has 1 N–H and O–H groups in total. The summed E-state index contributed by atoms with van der Waals surface area (Å²) in [7, 11) is 0. The van der Waals surface area contributed by atoms with Gasteiger partial charge in [0, 0.05) is 12.8 Å². The van der Waals surface area contributed by atoms with E-state index >= 15 is 0 Å². The van der Waals surface area contributed by atoms with Gasteiger partial charge in [0.1, 0.15) is 0 Å². The van der Waals surface area contributed by atoms with Crippen LogP contribution in [0.5, 0.6) is 0 Å². The van der Waals surface area contributed by atoms with Crippen molar-refractivity contribution in [1.29, 1.82) is 0 Å². The smallest absolute Gasteiger partial charge is 0.303 e. The van der Waals surface area contributed by atoms with Crippen molar-refractivity contribution < 1.29 is 14.7 Å². The zero-order chi connectivity index (χ0) is 7.98. The first-order chi connectivity index (χ1) is 4.63. The fourth-order valence-electron chi connectivity index (χ4n) is 0.540. The Morgan fingerprint density at radius 3 is 2.10 bits per heavy atom. The summed E-state index contributed by atoms with van der Waals surface area (Å²) in [5, 5.41) is 8.18. The molecular formula is C6H9BrO3. The van der Waals surface area contributed by atoms with Crippen LogP contribution in [0.15, 0.2) is 0 Å². The van der Waals surface area contributed by atoms with Gasteiger partial charge in [-0.1, -0.05) is 0 Å². The summed E-state index contributed by atoms with van der Waals surface area (Å²) >= 11 is 2.76. The zero-order valence-corrected chi connectivity index (χ0v) is 7.06. The maximum Gasteiger partial charge on any atom is 0.303 e. The van der Waals surface area contributed by atoms with Crippen molar-refractivity contribution >= 4 is 26.6 Å². The fraction of sp³-hybridized carbons (Fsp3) is 0.667. The Morgan fingerprint density at radius 2 is 1.70 bits per heavy atom. The van der Waals surface area contributed by atoms with Crippen LogP contribution < -0.4 is 0 Å². The van der Waals surface area contributed by atoms with E-state index in [-0.39, 0.29) is 11.1 Å². The van der Waals surface area contributed by atoms with Crippen molar-refractivity contribution in [2.45, 2.75) is 25.7 Å². The molecule has 0 radical (unpaired) electrons. The van der Waals surface area contributed by atoms with Gasteiger partial charge < -0.3 is 5.11 Å². The van der Waals surface area contributed by atoms with Crippen LogP contribution in [-0.2, 0) is 9.59 Å². The second-order valence-corrected chi connectivity index (χ2v) is 2.84. The molecule has 0 aliphatic heterocycles. The van der Waals surface area contributed by atoms with E-state index in [1.165, 1.54) is 0 Å². The number of carbonyl (C=O) groups is 2. The Balaban J connectivity index is 3.06. The molecule has 0 amide bonds. The molecule has 0 fully saturated rings. The molecule has 0 bridgehead atoms. The van der Waals surface area contributed by atoms with Gasteiger partial charge in [-0.3, -0.25) is 9.59 Å². The number of unbranched alkanes of at least 4 members (excludes halogenated alkanes) is 1. The van der Waals surface area contributed by atoms with Gasteiger partial charge in [-0.2, -0.15) is 0 Å². The van der Waals surface area contributed by atoms with Gasteiger partial charge in [-0.15, -0.1) is 0 Å². The Hall–Kier alpha value is -0.380. The summed E-state index contributed by atoms with van der Waals surface area (Å²) in [6, 6.07) is 0. The Labute approximate surface area is 67.5 Å². The number of halogens is 1. The molecule has 0 heterocycles. The maximum atomic E-state index is 10.3. The molecule has 0 saturated heterocycles. The lowest BCUT2D eigenvalue weighted by atomic mass is 10.2. The lowest BCUT2D eigenvalue weighted by Gasteiger charge is -1.91. The molecule has 0 spiro atoms. The molecule has 0 saturated carbocycles. The highest BCUT2D eigenvalue weighted by Crippen LogP contribution is 2.02. The van der Waals surface area contributed by atoms with Gasteiger partial charge in [0.2, 0.25) is 0 Å². The molecule has 3 nitrogen and oxygen atoms in total. The third kappa shape index (κ3) is 7.62. The molecule has 58 valence electrons. The number of aliphatic carboxylic acids is 1. The van der Waals surface area contributed by atoms with E-state index in [2.05, 4.69) is 15.9 Å². The molecule has 0 rings (SSSR count). The fourth-order valence-corrected chi connectivity index (χ4v) is 0.821. The van der Waals surface area contributed by atoms with E-state index in [1.54, 1.807) is 0 Å². The highest BCUT2D eigenvalue weighted by molar-refractivity contribution is 9.18. The predicted octanol–water partition coefficient (Wildman–Crippen LogP) is 1.55. The molecule has 0 atom stereocenters. The molecule has 0 aromatic heterocycles. The van der Waals surface area contributed by atoms with Crippen LogP contribution in [0.3, 0.4) is 0 Å². The van der Waals surface area contributed by atoms with E-state index in [0.717, 1.165) is 0 Å². The van der Waals surface area contributed by atoms with Crippen molar-refractivity contribution in [2.75, 3.05) is 0 Å². The quantitative estimate of drug-likeness (QED) is 0.552. The molecule has 4 heteroatoms. The van der Waals surface area contributed by atoms with E-state index in [0.29, 0.717) is 19.3 Å². The molecule has 0 aromatic carbocycles. The minimum atomic E-state index is -0.804. The highest BCUT2D eigenvalue weighted by Gasteiger charge is 1.98. The monoisotopic (exact) mass is 208 g/mol. The van der Waals surface area contributed by atoms with E-state index in [1.807, 2.05) is 0 Å². The normalized spacial score (nSPS) is 9.30. The number of hydrogen-bond acceptors (Lipinski definition) is 2. The summed E-state index contributed by atoms with van der Waals surface area (Å²) in [4.78, 5) is 20.2. The third-order valence-electron chi connectivity index (χ3n) is 1.01. The topological polar surface area (TPSA) is 54.4 Å². The van der Waals surface area contributed by atoms with Crippen molar-refractivity contribution in [3.8, 4) is 0 Å². The number of carboxylic acids is 1. The number of carboxylic acid groups (broad SMARTS) is 1. The predicted molar refractivity (Wildman–Crippen MR) is 40.0 cm³/mol. The third-order valence-corrected chi connectivity index (χ3v) is 1.41. The summed E-state index contributed by atoms with van der Waals surface area (Å²) < 4.78 is -0.0575. The molecular weight excluding hydrogens is 200 g/mol. The van der Waals surface area contributed by atoms with Crippen LogP contribution in [0.1, 0.15) is 25.7 Å². The van der Waals surface area contributed by atoms with Crippen molar-refractivity contribution in [3.63, 3.8) is 0 Å². The summed E-state index contributed by atoms with van der Waals surface area (Å²) in [5.41, 5.74) is 0. The Bertz CT molecular complexity index is 117. The minimum Gasteiger partial charge on any atom is -0.481 e.